The Hall–Kier alpha value is -1.75. The van der Waals surface area contributed by atoms with E-state index >= 15 is 0 Å². The molecule has 3 rings (SSSR count). The second kappa shape index (κ2) is 10.3. The molecule has 8 nitrogen and oxygen atoms in total. The monoisotopic (exact) mass is 460 g/mol. The fourth-order valence-corrected chi connectivity index (χ4v) is 4.54. The molecule has 11 heteroatoms. The molecule has 0 amide bonds. The van der Waals surface area contributed by atoms with Crippen LogP contribution in [0.5, 0.6) is 0 Å². The first-order chi connectivity index (χ1) is 13.4. The Balaban J connectivity index is 0.00000300. The molecule has 1 saturated heterocycles. The number of nitrogens with one attached hydrogen (secondary N) is 2. The van der Waals surface area contributed by atoms with Crippen LogP contribution in [0, 0.1) is 0 Å². The van der Waals surface area contributed by atoms with E-state index in [1.165, 1.54) is 17.6 Å². The van der Waals surface area contributed by atoms with Crippen molar-refractivity contribution in [1.82, 2.24) is 19.3 Å². The minimum Gasteiger partial charge on any atom is -0.465 e. The Morgan fingerprint density at radius 1 is 1.38 bits per heavy atom. The Morgan fingerprint density at radius 3 is 2.83 bits per heavy atom. The summed E-state index contributed by atoms with van der Waals surface area (Å²) in [6.07, 6.45) is 1.36. The van der Waals surface area contributed by atoms with E-state index in [4.69, 9.17) is 11.6 Å². The Morgan fingerprint density at radius 2 is 2.17 bits per heavy atom. The zero-order valence-corrected chi connectivity index (χ0v) is 18.1. The number of pyridine rings is 1. The van der Waals surface area contributed by atoms with Gasteiger partial charge in [-0.15, -0.1) is 12.4 Å². The van der Waals surface area contributed by atoms with Crippen LogP contribution >= 0.6 is 24.0 Å². The molecule has 0 bridgehead atoms. The molecule has 2 heterocycles. The van der Waals surface area contributed by atoms with Gasteiger partial charge in [-0.05, 0) is 29.8 Å². The van der Waals surface area contributed by atoms with Crippen molar-refractivity contribution in [3.8, 4) is 0 Å². The van der Waals surface area contributed by atoms with Gasteiger partial charge in [-0.1, -0.05) is 23.7 Å². The zero-order chi connectivity index (χ0) is 20.1. The van der Waals surface area contributed by atoms with E-state index in [1.807, 2.05) is 6.07 Å². The third kappa shape index (κ3) is 5.88. The summed E-state index contributed by atoms with van der Waals surface area (Å²) in [5.74, 6) is -0.496. The molecule has 2 N–H and O–H groups in total. The average Bonchev–Trinajstić information content (AvgIpc) is 2.72. The van der Waals surface area contributed by atoms with Gasteiger partial charge in [-0.3, -0.25) is 4.98 Å². The number of hydrogen-bond acceptors (Lipinski definition) is 6. The molecule has 1 aliphatic heterocycles. The normalized spacial score (nSPS) is 17.4. The summed E-state index contributed by atoms with van der Waals surface area (Å²) in [6.45, 7) is 1.40. The van der Waals surface area contributed by atoms with Gasteiger partial charge in [-0.2, -0.15) is 17.4 Å². The number of rotatable bonds is 6. The minimum absolute atomic E-state index is 0. The van der Waals surface area contributed by atoms with Crippen LogP contribution in [0.1, 0.15) is 27.7 Å². The van der Waals surface area contributed by atoms with Gasteiger partial charge >= 0.3 is 5.97 Å². The van der Waals surface area contributed by atoms with Gasteiger partial charge in [0.15, 0.2) is 0 Å². The molecule has 0 aliphatic carbocycles. The van der Waals surface area contributed by atoms with Crippen LogP contribution in [0.15, 0.2) is 42.6 Å². The number of carbonyl (C=O) groups excluding carboxylic acids is 1. The maximum atomic E-state index is 12.9. The number of esters is 1. The van der Waals surface area contributed by atoms with Crippen molar-refractivity contribution < 1.29 is 17.9 Å². The minimum atomic E-state index is -3.75. The molecule has 1 aromatic heterocycles. The second-order valence-electron chi connectivity index (χ2n) is 6.24. The van der Waals surface area contributed by atoms with E-state index in [-0.39, 0.29) is 25.0 Å². The molecule has 0 spiro atoms. The zero-order valence-electron chi connectivity index (χ0n) is 15.7. The SMILES string of the molecule is COC(=O)c1ccc(CNS(=O)(=O)N2CCNCC2c2cccc(Cl)c2)nc1.Cl. The van der Waals surface area contributed by atoms with Crippen molar-refractivity contribution in [3.63, 3.8) is 0 Å². The van der Waals surface area contributed by atoms with Gasteiger partial charge in [0.2, 0.25) is 0 Å². The molecule has 29 heavy (non-hydrogen) atoms. The standard InChI is InChI=1S/C18H21ClN4O4S.ClH/c1-27-18(24)14-5-6-16(21-10-14)11-22-28(25,26)23-8-7-20-12-17(23)13-3-2-4-15(19)9-13;/h2-6,9-10,17,20,22H,7-8,11-12H2,1H3;1H. The number of nitrogens with zero attached hydrogens (tertiary/aromatic N) is 2. The molecule has 2 aromatic rings. The Labute approximate surface area is 181 Å². The summed E-state index contributed by atoms with van der Waals surface area (Å²) >= 11 is 6.07. The number of piperazine rings is 1. The number of ether oxygens (including phenoxy) is 1. The van der Waals surface area contributed by atoms with Crippen LogP contribution in [-0.2, 0) is 21.5 Å². The van der Waals surface area contributed by atoms with Gasteiger partial charge in [0, 0.05) is 30.9 Å². The summed E-state index contributed by atoms with van der Waals surface area (Å²) in [7, 11) is -2.47. The lowest BCUT2D eigenvalue weighted by molar-refractivity contribution is 0.0600. The van der Waals surface area contributed by atoms with Gasteiger partial charge in [0.25, 0.3) is 10.2 Å². The summed E-state index contributed by atoms with van der Waals surface area (Å²) < 4.78 is 34.4. The second-order valence-corrected chi connectivity index (χ2v) is 8.39. The van der Waals surface area contributed by atoms with Crippen molar-refractivity contribution in [1.29, 1.82) is 0 Å². The highest BCUT2D eigenvalue weighted by molar-refractivity contribution is 7.87. The highest BCUT2D eigenvalue weighted by Gasteiger charge is 2.33. The highest BCUT2D eigenvalue weighted by Crippen LogP contribution is 2.26. The number of halogens is 2. The summed E-state index contributed by atoms with van der Waals surface area (Å²) in [5.41, 5.74) is 1.62. The fourth-order valence-electron chi connectivity index (χ4n) is 2.99. The van der Waals surface area contributed by atoms with Gasteiger partial charge in [0.05, 0.1) is 31.0 Å². The number of aromatic nitrogens is 1. The fraction of sp³-hybridized carbons (Fsp3) is 0.333. The quantitative estimate of drug-likeness (QED) is 0.638. The first-order valence-corrected chi connectivity index (χ1v) is 10.5. The highest BCUT2D eigenvalue weighted by atomic mass is 35.5. The molecule has 0 radical (unpaired) electrons. The Bertz CT molecular complexity index is 941. The third-order valence-corrected chi connectivity index (χ3v) is 6.22. The number of benzene rings is 1. The first-order valence-electron chi connectivity index (χ1n) is 8.66. The van der Waals surface area contributed by atoms with Crippen molar-refractivity contribution in [2.24, 2.45) is 0 Å². The van der Waals surface area contributed by atoms with E-state index in [0.29, 0.717) is 35.9 Å². The summed E-state index contributed by atoms with van der Waals surface area (Å²) in [5, 5.41) is 3.78. The van der Waals surface area contributed by atoms with E-state index in [0.717, 1.165) is 5.56 Å². The van der Waals surface area contributed by atoms with E-state index in [1.54, 1.807) is 30.3 Å². The van der Waals surface area contributed by atoms with Crippen LogP contribution in [0.25, 0.3) is 0 Å². The number of hydrogen-bond donors (Lipinski definition) is 2. The summed E-state index contributed by atoms with van der Waals surface area (Å²) in [6, 6.07) is 9.95. The molecule has 158 valence electrons. The van der Waals surface area contributed by atoms with Gasteiger partial charge in [0.1, 0.15) is 0 Å². The van der Waals surface area contributed by atoms with Crippen molar-refractivity contribution >= 4 is 40.2 Å². The Kier molecular flexibility index (Phi) is 8.38. The lowest BCUT2D eigenvalue weighted by atomic mass is 10.1. The molecule has 1 atom stereocenters. The lowest BCUT2D eigenvalue weighted by Crippen LogP contribution is -2.52. The maximum Gasteiger partial charge on any atom is 0.339 e. The maximum absolute atomic E-state index is 12.9. The molecular formula is C18H22Cl2N4O4S. The smallest absolute Gasteiger partial charge is 0.339 e. The largest absolute Gasteiger partial charge is 0.465 e. The molecule has 1 aliphatic rings. The third-order valence-electron chi connectivity index (χ3n) is 4.42. The van der Waals surface area contributed by atoms with Crippen LogP contribution in [0.4, 0.5) is 0 Å². The molecule has 0 saturated carbocycles. The van der Waals surface area contributed by atoms with Crippen LogP contribution in [0.2, 0.25) is 5.02 Å². The molecular weight excluding hydrogens is 439 g/mol. The van der Waals surface area contributed by atoms with E-state index in [9.17, 15) is 13.2 Å². The molecule has 1 unspecified atom stereocenters. The summed E-state index contributed by atoms with van der Waals surface area (Å²) in [4.78, 5) is 15.6. The van der Waals surface area contributed by atoms with Gasteiger partial charge in [-0.25, -0.2) is 4.79 Å². The molecule has 1 fully saturated rings. The topological polar surface area (TPSA) is 101 Å². The van der Waals surface area contributed by atoms with Crippen molar-refractivity contribution in [3.05, 3.63) is 64.4 Å². The average molecular weight is 461 g/mol. The number of methoxy groups -OCH3 is 1. The van der Waals surface area contributed by atoms with E-state index < -0.39 is 16.2 Å². The van der Waals surface area contributed by atoms with Crippen LogP contribution in [-0.4, -0.2) is 50.4 Å². The van der Waals surface area contributed by atoms with Gasteiger partial charge < -0.3 is 10.1 Å². The first kappa shape index (κ1) is 23.5. The molecule has 1 aromatic carbocycles. The van der Waals surface area contributed by atoms with Crippen LogP contribution in [0.3, 0.4) is 0 Å². The van der Waals surface area contributed by atoms with Crippen LogP contribution < -0.4 is 10.0 Å². The van der Waals surface area contributed by atoms with Crippen molar-refractivity contribution in [2.45, 2.75) is 12.6 Å². The number of carbonyl (C=O) groups is 1. The van der Waals surface area contributed by atoms with E-state index in [2.05, 4.69) is 19.8 Å². The lowest BCUT2D eigenvalue weighted by Gasteiger charge is -2.35. The predicted octanol–water partition coefficient (Wildman–Crippen LogP) is 1.92. The van der Waals surface area contributed by atoms with Crippen molar-refractivity contribution in [2.75, 3.05) is 26.7 Å². The predicted molar refractivity (Wildman–Crippen MR) is 112 cm³/mol.